The van der Waals surface area contributed by atoms with Gasteiger partial charge in [0.1, 0.15) is 6.04 Å². The van der Waals surface area contributed by atoms with E-state index in [4.69, 9.17) is 4.42 Å². The lowest BCUT2D eigenvalue weighted by molar-refractivity contribution is -0.129. The lowest BCUT2D eigenvalue weighted by Crippen LogP contribution is -2.38. The molecular formula is C20H21N3O2. The SMILES string of the molecule is CC(C)(C)C(=O)N[C@@H](c1ccccc1)c1nnc(-c2ccccc2)o1. The summed E-state index contributed by atoms with van der Waals surface area (Å²) in [6.45, 7) is 5.61. The van der Waals surface area contributed by atoms with Crippen LogP contribution in [-0.4, -0.2) is 16.1 Å². The number of nitrogens with zero attached hydrogens (tertiary/aromatic N) is 2. The van der Waals surface area contributed by atoms with Crippen molar-refractivity contribution in [1.82, 2.24) is 15.5 Å². The fourth-order valence-electron chi connectivity index (χ4n) is 2.33. The van der Waals surface area contributed by atoms with Gasteiger partial charge in [0.2, 0.25) is 17.7 Å². The van der Waals surface area contributed by atoms with Crippen LogP contribution < -0.4 is 5.32 Å². The number of aromatic nitrogens is 2. The predicted octanol–water partition coefficient (Wildman–Crippen LogP) is 3.99. The van der Waals surface area contributed by atoms with Crippen LogP contribution in [0.5, 0.6) is 0 Å². The first-order valence-corrected chi connectivity index (χ1v) is 8.20. The van der Waals surface area contributed by atoms with Gasteiger partial charge in [-0.1, -0.05) is 69.3 Å². The molecule has 0 aliphatic heterocycles. The van der Waals surface area contributed by atoms with Gasteiger partial charge in [-0.25, -0.2) is 0 Å². The number of nitrogens with one attached hydrogen (secondary N) is 1. The Kier molecular flexibility index (Phi) is 4.65. The summed E-state index contributed by atoms with van der Waals surface area (Å²) in [4.78, 5) is 12.5. The second-order valence-electron chi connectivity index (χ2n) is 6.88. The Balaban J connectivity index is 1.95. The molecule has 1 amide bonds. The van der Waals surface area contributed by atoms with Crippen LogP contribution in [0.3, 0.4) is 0 Å². The highest BCUT2D eigenvalue weighted by Gasteiger charge is 2.28. The minimum atomic E-state index is -0.519. The van der Waals surface area contributed by atoms with Gasteiger partial charge in [-0.05, 0) is 17.7 Å². The number of carbonyl (C=O) groups excluding carboxylic acids is 1. The van der Waals surface area contributed by atoms with Gasteiger partial charge in [0.25, 0.3) is 0 Å². The van der Waals surface area contributed by atoms with Crippen LogP contribution in [0.25, 0.3) is 11.5 Å². The van der Waals surface area contributed by atoms with E-state index in [0.29, 0.717) is 11.8 Å². The van der Waals surface area contributed by atoms with Gasteiger partial charge < -0.3 is 9.73 Å². The van der Waals surface area contributed by atoms with Gasteiger partial charge in [-0.15, -0.1) is 10.2 Å². The molecule has 0 aliphatic rings. The van der Waals surface area contributed by atoms with Gasteiger partial charge >= 0.3 is 0 Å². The number of rotatable bonds is 4. The molecule has 1 N–H and O–H groups in total. The number of amides is 1. The fourth-order valence-corrected chi connectivity index (χ4v) is 2.33. The highest BCUT2D eigenvalue weighted by atomic mass is 16.4. The molecule has 0 unspecified atom stereocenters. The van der Waals surface area contributed by atoms with E-state index in [0.717, 1.165) is 11.1 Å². The lowest BCUT2D eigenvalue weighted by atomic mass is 9.94. The minimum absolute atomic E-state index is 0.0826. The van der Waals surface area contributed by atoms with Crippen LogP contribution in [0.15, 0.2) is 65.1 Å². The highest BCUT2D eigenvalue weighted by molar-refractivity contribution is 5.82. The maximum absolute atomic E-state index is 12.5. The third-order valence-corrected chi connectivity index (χ3v) is 3.80. The molecule has 5 nitrogen and oxygen atoms in total. The van der Waals surface area contributed by atoms with E-state index < -0.39 is 11.5 Å². The molecule has 25 heavy (non-hydrogen) atoms. The van der Waals surface area contributed by atoms with Crippen molar-refractivity contribution in [3.05, 3.63) is 72.1 Å². The standard InChI is InChI=1S/C20H21N3O2/c1-20(2,3)19(24)21-16(14-10-6-4-7-11-14)18-23-22-17(25-18)15-12-8-5-9-13-15/h4-13,16H,1-3H3,(H,21,24)/t16-/m0/s1. The average Bonchev–Trinajstić information content (AvgIpc) is 3.10. The molecular weight excluding hydrogens is 314 g/mol. The molecule has 5 heteroatoms. The van der Waals surface area contributed by atoms with Gasteiger partial charge in [0.15, 0.2) is 0 Å². The Morgan fingerprint density at radius 1 is 0.960 bits per heavy atom. The fraction of sp³-hybridized carbons (Fsp3) is 0.250. The average molecular weight is 335 g/mol. The summed E-state index contributed by atoms with van der Waals surface area (Å²) in [5, 5.41) is 11.3. The van der Waals surface area contributed by atoms with Crippen molar-refractivity contribution in [3.8, 4) is 11.5 Å². The summed E-state index contributed by atoms with van der Waals surface area (Å²) in [5.74, 6) is 0.713. The Morgan fingerprint density at radius 2 is 1.56 bits per heavy atom. The Bertz CT molecular complexity index is 836. The second-order valence-corrected chi connectivity index (χ2v) is 6.88. The lowest BCUT2D eigenvalue weighted by Gasteiger charge is -2.22. The van der Waals surface area contributed by atoms with Crippen LogP contribution in [0.4, 0.5) is 0 Å². The summed E-state index contributed by atoms with van der Waals surface area (Å²) in [5.41, 5.74) is 1.22. The van der Waals surface area contributed by atoms with Crippen molar-refractivity contribution in [1.29, 1.82) is 0 Å². The maximum Gasteiger partial charge on any atom is 0.247 e. The zero-order valence-electron chi connectivity index (χ0n) is 14.6. The van der Waals surface area contributed by atoms with Crippen LogP contribution in [0.2, 0.25) is 0 Å². The van der Waals surface area contributed by atoms with Crippen molar-refractivity contribution in [2.75, 3.05) is 0 Å². The van der Waals surface area contributed by atoms with E-state index in [1.807, 2.05) is 81.4 Å². The van der Waals surface area contributed by atoms with Crippen LogP contribution in [-0.2, 0) is 4.79 Å². The number of benzene rings is 2. The van der Waals surface area contributed by atoms with Crippen LogP contribution in [0.1, 0.15) is 38.3 Å². The summed E-state index contributed by atoms with van der Waals surface area (Å²) in [6, 6.07) is 18.7. The molecule has 128 valence electrons. The van der Waals surface area contributed by atoms with Gasteiger partial charge in [0, 0.05) is 11.0 Å². The molecule has 0 radical (unpaired) electrons. The van der Waals surface area contributed by atoms with Gasteiger partial charge in [-0.2, -0.15) is 0 Å². The van der Waals surface area contributed by atoms with Crippen LogP contribution in [0, 0.1) is 5.41 Å². The van der Waals surface area contributed by atoms with Crippen molar-refractivity contribution in [2.45, 2.75) is 26.8 Å². The van der Waals surface area contributed by atoms with Crippen molar-refractivity contribution in [2.24, 2.45) is 5.41 Å². The van der Waals surface area contributed by atoms with E-state index in [1.165, 1.54) is 0 Å². The summed E-state index contributed by atoms with van der Waals surface area (Å²) < 4.78 is 5.86. The van der Waals surface area contributed by atoms with Crippen molar-refractivity contribution < 1.29 is 9.21 Å². The first kappa shape index (κ1) is 16.9. The summed E-state index contributed by atoms with van der Waals surface area (Å²) in [6.07, 6.45) is 0. The quantitative estimate of drug-likeness (QED) is 0.783. The molecule has 2 aromatic carbocycles. The monoisotopic (exact) mass is 335 g/mol. The normalized spacial score (nSPS) is 12.6. The van der Waals surface area contributed by atoms with Crippen molar-refractivity contribution in [3.63, 3.8) is 0 Å². The zero-order valence-corrected chi connectivity index (χ0v) is 14.6. The molecule has 3 rings (SSSR count). The van der Waals surface area contributed by atoms with E-state index >= 15 is 0 Å². The topological polar surface area (TPSA) is 68.0 Å². The maximum atomic E-state index is 12.5. The molecule has 3 aromatic rings. The summed E-state index contributed by atoms with van der Waals surface area (Å²) in [7, 11) is 0. The molecule has 1 aromatic heterocycles. The number of hydrogen-bond acceptors (Lipinski definition) is 4. The van der Waals surface area contributed by atoms with Gasteiger partial charge in [0.05, 0.1) is 0 Å². The molecule has 0 saturated carbocycles. The van der Waals surface area contributed by atoms with E-state index in [9.17, 15) is 4.79 Å². The smallest absolute Gasteiger partial charge is 0.247 e. The molecule has 0 bridgehead atoms. The molecule has 0 aliphatic carbocycles. The van der Waals surface area contributed by atoms with Gasteiger partial charge in [-0.3, -0.25) is 4.79 Å². The zero-order chi connectivity index (χ0) is 17.9. The molecule has 0 fully saturated rings. The van der Waals surface area contributed by atoms with E-state index in [1.54, 1.807) is 0 Å². The Hall–Kier alpha value is -2.95. The molecule has 0 saturated heterocycles. The Morgan fingerprint density at radius 3 is 2.16 bits per heavy atom. The minimum Gasteiger partial charge on any atom is -0.418 e. The molecule has 0 spiro atoms. The first-order chi connectivity index (χ1) is 11.9. The second kappa shape index (κ2) is 6.89. The third-order valence-electron chi connectivity index (χ3n) is 3.80. The van der Waals surface area contributed by atoms with Crippen LogP contribution >= 0.6 is 0 Å². The van der Waals surface area contributed by atoms with E-state index in [2.05, 4.69) is 15.5 Å². The van der Waals surface area contributed by atoms with E-state index in [-0.39, 0.29) is 5.91 Å². The largest absolute Gasteiger partial charge is 0.418 e. The molecule has 1 heterocycles. The summed E-state index contributed by atoms with van der Waals surface area (Å²) >= 11 is 0. The molecule has 1 atom stereocenters. The first-order valence-electron chi connectivity index (χ1n) is 8.20. The predicted molar refractivity (Wildman–Crippen MR) is 95.6 cm³/mol. The third kappa shape index (κ3) is 3.94. The highest BCUT2D eigenvalue weighted by Crippen LogP contribution is 2.26. The Labute approximate surface area is 147 Å². The number of carbonyl (C=O) groups is 1. The number of hydrogen-bond donors (Lipinski definition) is 1. The van der Waals surface area contributed by atoms with Crippen molar-refractivity contribution >= 4 is 5.91 Å².